The molecule has 2 aliphatic heterocycles. The Balaban J connectivity index is 1.32. The van der Waals surface area contributed by atoms with E-state index in [0.717, 1.165) is 24.7 Å². The molecule has 8 nitrogen and oxygen atoms in total. The lowest BCUT2D eigenvalue weighted by Crippen LogP contribution is -2.44. The van der Waals surface area contributed by atoms with Crippen molar-refractivity contribution in [3.05, 3.63) is 76.1 Å². The quantitative estimate of drug-likeness (QED) is 0.441. The molecule has 1 saturated heterocycles. The average Bonchev–Trinajstić information content (AvgIpc) is 3.30. The number of nitrogens with two attached hydrogens (primary N) is 1. The highest BCUT2D eigenvalue weighted by molar-refractivity contribution is 6.48. The van der Waals surface area contributed by atoms with Crippen molar-refractivity contribution in [1.82, 2.24) is 24.6 Å². The van der Waals surface area contributed by atoms with Crippen LogP contribution in [-0.2, 0) is 19.3 Å². The number of nitrogens with zero attached hydrogens (tertiary/aromatic N) is 5. The third-order valence-electron chi connectivity index (χ3n) is 7.17. The smallest absolute Gasteiger partial charge is 0.366 e. The molecule has 3 aromatic rings. The van der Waals surface area contributed by atoms with Gasteiger partial charge in [0.05, 0.1) is 23.1 Å². The van der Waals surface area contributed by atoms with Gasteiger partial charge in [-0.05, 0) is 55.4 Å². The molecule has 0 spiro atoms. The topological polar surface area (TPSA) is 92.3 Å². The zero-order chi connectivity index (χ0) is 29.3. The number of benzene rings is 2. The lowest BCUT2D eigenvalue weighted by atomic mass is 10.0. The van der Waals surface area contributed by atoms with Crippen molar-refractivity contribution in [2.24, 2.45) is 5.92 Å². The minimum absolute atomic E-state index is 0.0718. The van der Waals surface area contributed by atoms with E-state index in [2.05, 4.69) is 32.1 Å². The standard InChI is InChI=1S/C29H29ClF3N7O/c1-18-3-5-21(14-20(18)6-4-19-13-25(30)26-36-28(34)37-40(26)16-19)27(41)35-23-8-7-22(24(15-23)29(31,32)33)17-39-11-9-38(2)10-12-39/h3,5,7-8,13-15,19H,9-12,16-17H2,1-2H3,(H2,34,37)(H,35,41). The number of likely N-dealkylation sites (N-methyl/N-ethyl adjacent to an activating group) is 1. The number of carbonyl (C=O) groups excluding carboxylic acids is 1. The van der Waals surface area contributed by atoms with Crippen LogP contribution in [0.1, 0.15) is 38.4 Å². The summed E-state index contributed by atoms with van der Waals surface area (Å²) in [7, 11) is 1.99. The van der Waals surface area contributed by atoms with Gasteiger partial charge in [0.15, 0.2) is 5.82 Å². The lowest BCUT2D eigenvalue weighted by molar-refractivity contribution is -0.138. The van der Waals surface area contributed by atoms with Gasteiger partial charge in [0.25, 0.3) is 5.91 Å². The van der Waals surface area contributed by atoms with Gasteiger partial charge >= 0.3 is 6.18 Å². The van der Waals surface area contributed by atoms with Gasteiger partial charge < -0.3 is 16.0 Å². The summed E-state index contributed by atoms with van der Waals surface area (Å²) >= 11 is 6.30. The van der Waals surface area contributed by atoms with E-state index in [9.17, 15) is 18.0 Å². The van der Waals surface area contributed by atoms with Crippen molar-refractivity contribution in [1.29, 1.82) is 0 Å². The summed E-state index contributed by atoms with van der Waals surface area (Å²) < 4.78 is 43.5. The summed E-state index contributed by atoms with van der Waals surface area (Å²) in [5, 5.41) is 7.14. The molecule has 1 aromatic heterocycles. The Morgan fingerprint density at radius 1 is 1.17 bits per heavy atom. The van der Waals surface area contributed by atoms with Crippen LogP contribution in [0.3, 0.4) is 0 Å². The molecule has 41 heavy (non-hydrogen) atoms. The molecule has 2 aliphatic rings. The number of nitrogens with one attached hydrogen (secondary N) is 1. The summed E-state index contributed by atoms with van der Waals surface area (Å²) in [4.78, 5) is 21.3. The van der Waals surface area contributed by atoms with Gasteiger partial charge in [-0.15, -0.1) is 5.10 Å². The summed E-state index contributed by atoms with van der Waals surface area (Å²) in [6.07, 6.45) is -2.78. The van der Waals surface area contributed by atoms with Crippen LogP contribution in [0, 0.1) is 24.7 Å². The average molecular weight is 584 g/mol. The fraction of sp³-hybridized carbons (Fsp3) is 0.345. The van der Waals surface area contributed by atoms with E-state index >= 15 is 0 Å². The SMILES string of the molecule is Cc1ccc(C(=O)Nc2ccc(CN3CCN(C)CC3)c(C(F)(F)F)c2)cc1C#CC1C=C(Cl)c2nc(N)nn2C1. The van der Waals surface area contributed by atoms with Gasteiger partial charge in [0.1, 0.15) is 0 Å². The van der Waals surface area contributed by atoms with Crippen LogP contribution in [0.15, 0.2) is 42.5 Å². The minimum atomic E-state index is -4.55. The third kappa shape index (κ3) is 6.73. The van der Waals surface area contributed by atoms with Gasteiger partial charge in [-0.1, -0.05) is 35.6 Å². The number of aromatic nitrogens is 3. The number of hydrogen-bond donors (Lipinski definition) is 2. The van der Waals surface area contributed by atoms with Crippen LogP contribution < -0.4 is 11.1 Å². The Hall–Kier alpha value is -3.85. The predicted octanol–water partition coefficient (Wildman–Crippen LogP) is 4.45. The normalized spacial score (nSPS) is 17.8. The van der Waals surface area contributed by atoms with E-state index in [-0.39, 0.29) is 35.2 Å². The van der Waals surface area contributed by atoms with Gasteiger partial charge in [-0.2, -0.15) is 18.2 Å². The van der Waals surface area contributed by atoms with E-state index < -0.39 is 17.6 Å². The van der Waals surface area contributed by atoms with Crippen molar-refractivity contribution in [3.63, 3.8) is 0 Å². The summed E-state index contributed by atoms with van der Waals surface area (Å²) in [5.41, 5.74) is 6.91. The van der Waals surface area contributed by atoms with Crippen molar-refractivity contribution < 1.29 is 18.0 Å². The summed E-state index contributed by atoms with van der Waals surface area (Å²) in [6.45, 7) is 5.50. The number of nitrogen functional groups attached to an aromatic ring is 1. The number of piperazine rings is 1. The maximum atomic E-state index is 14.0. The van der Waals surface area contributed by atoms with E-state index in [0.29, 0.717) is 36.1 Å². The van der Waals surface area contributed by atoms with Gasteiger partial charge in [0.2, 0.25) is 5.95 Å². The first-order valence-electron chi connectivity index (χ1n) is 13.1. The van der Waals surface area contributed by atoms with Crippen LogP contribution in [0.5, 0.6) is 0 Å². The van der Waals surface area contributed by atoms with Crippen LogP contribution in [0.2, 0.25) is 0 Å². The maximum absolute atomic E-state index is 14.0. The molecular weight excluding hydrogens is 555 g/mol. The molecule has 1 atom stereocenters. The molecule has 12 heteroatoms. The number of carbonyl (C=O) groups is 1. The number of aryl methyl sites for hydroxylation is 1. The van der Waals surface area contributed by atoms with E-state index in [1.165, 1.54) is 12.1 Å². The van der Waals surface area contributed by atoms with Crippen molar-refractivity contribution in [2.45, 2.75) is 26.2 Å². The molecule has 0 radical (unpaired) electrons. The molecule has 3 N–H and O–H groups in total. The molecule has 214 valence electrons. The minimum Gasteiger partial charge on any atom is -0.366 e. The monoisotopic (exact) mass is 583 g/mol. The Kier molecular flexibility index (Phi) is 8.09. The summed E-state index contributed by atoms with van der Waals surface area (Å²) in [5.74, 6) is 6.06. The first-order valence-corrected chi connectivity index (χ1v) is 13.5. The third-order valence-corrected chi connectivity index (χ3v) is 7.47. The zero-order valence-electron chi connectivity index (χ0n) is 22.6. The molecule has 1 unspecified atom stereocenters. The number of anilines is 2. The molecule has 5 rings (SSSR count). The first kappa shape index (κ1) is 28.7. The second kappa shape index (κ2) is 11.6. The molecule has 1 amide bonds. The Morgan fingerprint density at radius 3 is 2.66 bits per heavy atom. The maximum Gasteiger partial charge on any atom is 0.416 e. The number of allylic oxidation sites excluding steroid dienone is 1. The van der Waals surface area contributed by atoms with Crippen LogP contribution >= 0.6 is 11.6 Å². The van der Waals surface area contributed by atoms with Crippen LogP contribution in [-0.4, -0.2) is 63.7 Å². The van der Waals surface area contributed by atoms with E-state index in [1.807, 2.05) is 18.9 Å². The largest absolute Gasteiger partial charge is 0.416 e. The Bertz CT molecular complexity index is 1560. The highest BCUT2D eigenvalue weighted by Gasteiger charge is 2.34. The van der Waals surface area contributed by atoms with E-state index in [4.69, 9.17) is 17.3 Å². The fourth-order valence-electron chi connectivity index (χ4n) is 4.82. The second-order valence-electron chi connectivity index (χ2n) is 10.3. The van der Waals surface area contributed by atoms with E-state index in [1.54, 1.807) is 29.0 Å². The number of amides is 1. The molecule has 0 saturated carbocycles. The summed E-state index contributed by atoms with van der Waals surface area (Å²) in [6, 6.07) is 8.94. The van der Waals surface area contributed by atoms with Gasteiger partial charge in [0, 0.05) is 49.5 Å². The van der Waals surface area contributed by atoms with Crippen LogP contribution in [0.25, 0.3) is 5.03 Å². The molecule has 0 bridgehead atoms. The van der Waals surface area contributed by atoms with Crippen molar-refractivity contribution >= 4 is 34.2 Å². The number of rotatable bonds is 4. The highest BCUT2D eigenvalue weighted by atomic mass is 35.5. The van der Waals surface area contributed by atoms with Gasteiger partial charge in [-0.3, -0.25) is 9.69 Å². The Labute approximate surface area is 241 Å². The molecule has 3 heterocycles. The highest BCUT2D eigenvalue weighted by Crippen LogP contribution is 2.35. The van der Waals surface area contributed by atoms with Crippen molar-refractivity contribution in [3.8, 4) is 11.8 Å². The Morgan fingerprint density at radius 2 is 1.93 bits per heavy atom. The number of fused-ring (bicyclic) bond motifs is 1. The van der Waals surface area contributed by atoms with Crippen molar-refractivity contribution in [2.75, 3.05) is 44.3 Å². The molecule has 1 fully saturated rings. The molecule has 2 aromatic carbocycles. The number of alkyl halides is 3. The zero-order valence-corrected chi connectivity index (χ0v) is 23.4. The van der Waals surface area contributed by atoms with Crippen LogP contribution in [0.4, 0.5) is 24.8 Å². The molecular formula is C29H29ClF3N7O. The van der Waals surface area contributed by atoms with Gasteiger partial charge in [-0.25, -0.2) is 4.68 Å². The fourth-order valence-corrected chi connectivity index (χ4v) is 5.11. The second-order valence-corrected chi connectivity index (χ2v) is 10.7. The first-order chi connectivity index (χ1) is 19.5. The number of hydrogen-bond acceptors (Lipinski definition) is 6. The number of halogens is 4. The lowest BCUT2D eigenvalue weighted by Gasteiger charge is -2.33. The molecule has 0 aliphatic carbocycles. The predicted molar refractivity (Wildman–Crippen MR) is 152 cm³/mol.